The van der Waals surface area contributed by atoms with Gasteiger partial charge in [-0.15, -0.1) is 0 Å². The van der Waals surface area contributed by atoms with Crippen molar-refractivity contribution in [3.8, 4) is 0 Å². The highest BCUT2D eigenvalue weighted by atomic mass is 35.5. The van der Waals surface area contributed by atoms with Crippen LogP contribution in [0.3, 0.4) is 0 Å². The Bertz CT molecular complexity index is 946. The molecular weight excluding hydrogens is 379 g/mol. The number of aryl methyl sites for hydroxylation is 1. The number of rotatable bonds is 3. The Morgan fingerprint density at radius 1 is 1.21 bits per heavy atom. The molecule has 28 heavy (non-hydrogen) atoms. The van der Waals surface area contributed by atoms with Crippen LogP contribution in [0.25, 0.3) is 0 Å². The molecule has 1 heterocycles. The summed E-state index contributed by atoms with van der Waals surface area (Å²) in [6.45, 7) is 7.46. The first-order valence-corrected chi connectivity index (χ1v) is 9.44. The number of guanidine groups is 1. The van der Waals surface area contributed by atoms with Crippen LogP contribution in [0.15, 0.2) is 41.4 Å². The summed E-state index contributed by atoms with van der Waals surface area (Å²) in [7, 11) is 1.67. The van der Waals surface area contributed by atoms with Crippen LogP contribution in [0.5, 0.6) is 0 Å². The maximum atomic E-state index is 14.9. The molecule has 0 bridgehead atoms. The van der Waals surface area contributed by atoms with E-state index in [0.29, 0.717) is 16.3 Å². The number of aliphatic hydroxyl groups is 1. The maximum Gasteiger partial charge on any atom is 0.193 e. The number of hydrogen-bond acceptors (Lipinski definition) is 5. The third kappa shape index (κ3) is 3.20. The Hall–Kier alpha value is -2.31. The number of aliphatic hydroxyl groups excluding tert-OH is 1. The molecular formula is C21H26ClFN4O. The van der Waals surface area contributed by atoms with E-state index < -0.39 is 23.0 Å². The lowest BCUT2D eigenvalue weighted by Crippen LogP contribution is -2.61. The van der Waals surface area contributed by atoms with Crippen LogP contribution >= 0.6 is 11.6 Å². The van der Waals surface area contributed by atoms with Crippen molar-refractivity contribution in [1.29, 1.82) is 0 Å². The molecule has 1 aliphatic heterocycles. The summed E-state index contributed by atoms with van der Waals surface area (Å²) in [5, 5.41) is 14.6. The number of nitrogens with one attached hydrogen (secondary N) is 1. The standard InChI is InChI=1S/C21H26ClFN4O/c1-12-6-7-13(22)10-17(12)25-14-8-9-16(23)15(11-14)21(4)20(2,3)18(28)27(5)19(24)26-21/h6-11,18,25,28H,1-5H3,(H2,24,26). The average Bonchev–Trinajstić information content (AvgIpc) is 2.63. The smallest absolute Gasteiger partial charge is 0.193 e. The monoisotopic (exact) mass is 404 g/mol. The maximum absolute atomic E-state index is 14.9. The molecule has 150 valence electrons. The molecule has 0 aliphatic carbocycles. The Morgan fingerprint density at radius 2 is 1.89 bits per heavy atom. The zero-order chi connectivity index (χ0) is 20.9. The predicted octanol–water partition coefficient (Wildman–Crippen LogP) is 4.35. The van der Waals surface area contributed by atoms with Crippen LogP contribution in [0.4, 0.5) is 15.8 Å². The van der Waals surface area contributed by atoms with Crippen molar-refractivity contribution in [2.24, 2.45) is 16.1 Å². The summed E-state index contributed by atoms with van der Waals surface area (Å²) >= 11 is 6.10. The Balaban J connectivity index is 2.10. The second-order valence-electron chi connectivity index (χ2n) is 8.03. The Kier molecular flexibility index (Phi) is 5.06. The van der Waals surface area contributed by atoms with Gasteiger partial charge in [0.25, 0.3) is 0 Å². The van der Waals surface area contributed by atoms with Crippen molar-refractivity contribution < 1.29 is 9.50 Å². The number of halogens is 2. The van der Waals surface area contributed by atoms with E-state index in [9.17, 15) is 9.50 Å². The van der Waals surface area contributed by atoms with E-state index in [4.69, 9.17) is 17.3 Å². The van der Waals surface area contributed by atoms with Crippen LogP contribution in [0.1, 0.15) is 31.9 Å². The van der Waals surface area contributed by atoms with Crippen molar-refractivity contribution in [3.63, 3.8) is 0 Å². The van der Waals surface area contributed by atoms with E-state index in [2.05, 4.69) is 10.3 Å². The van der Waals surface area contributed by atoms with E-state index in [0.717, 1.165) is 11.3 Å². The highest BCUT2D eigenvalue weighted by Gasteiger charge is 2.53. The summed E-state index contributed by atoms with van der Waals surface area (Å²) in [5.74, 6) is -0.241. The molecule has 0 saturated heterocycles. The lowest BCUT2D eigenvalue weighted by atomic mass is 9.67. The number of nitrogens with two attached hydrogens (primary N) is 1. The largest absolute Gasteiger partial charge is 0.373 e. The van der Waals surface area contributed by atoms with Crippen LogP contribution in [0.2, 0.25) is 5.02 Å². The Labute approximate surface area is 170 Å². The normalized spacial score (nSPS) is 24.1. The topological polar surface area (TPSA) is 73.9 Å². The molecule has 4 N–H and O–H groups in total. The number of hydrogen-bond donors (Lipinski definition) is 3. The first-order chi connectivity index (χ1) is 13.0. The average molecular weight is 405 g/mol. The highest BCUT2D eigenvalue weighted by Crippen LogP contribution is 2.49. The van der Waals surface area contributed by atoms with E-state index in [-0.39, 0.29) is 5.96 Å². The number of benzene rings is 2. The number of aliphatic imine (C=N–C) groups is 1. The van der Waals surface area contributed by atoms with Crippen LogP contribution in [0, 0.1) is 18.2 Å². The number of nitrogens with zero attached hydrogens (tertiary/aromatic N) is 2. The second-order valence-corrected chi connectivity index (χ2v) is 8.46. The molecule has 2 unspecified atom stereocenters. The van der Waals surface area contributed by atoms with E-state index in [1.807, 2.05) is 39.0 Å². The minimum absolute atomic E-state index is 0.165. The molecule has 2 atom stereocenters. The quantitative estimate of drug-likeness (QED) is 0.711. The van der Waals surface area contributed by atoms with Crippen LogP contribution < -0.4 is 11.1 Å². The lowest BCUT2D eigenvalue weighted by Gasteiger charge is -2.51. The number of anilines is 2. The minimum Gasteiger partial charge on any atom is -0.373 e. The van der Waals surface area contributed by atoms with Gasteiger partial charge in [0.2, 0.25) is 0 Å². The molecule has 1 aliphatic rings. The third-order valence-corrected chi connectivity index (χ3v) is 6.17. The molecule has 0 aromatic heterocycles. The van der Waals surface area contributed by atoms with Gasteiger partial charge in [-0.3, -0.25) is 0 Å². The van der Waals surface area contributed by atoms with Crippen molar-refractivity contribution >= 4 is 28.9 Å². The zero-order valence-corrected chi connectivity index (χ0v) is 17.5. The van der Waals surface area contributed by atoms with Gasteiger partial charge in [-0.25, -0.2) is 9.38 Å². The lowest BCUT2D eigenvalue weighted by molar-refractivity contribution is -0.0836. The van der Waals surface area contributed by atoms with Gasteiger partial charge in [-0.1, -0.05) is 31.5 Å². The molecule has 7 heteroatoms. The molecule has 0 fully saturated rings. The van der Waals surface area contributed by atoms with Crippen molar-refractivity contribution in [3.05, 3.63) is 58.4 Å². The van der Waals surface area contributed by atoms with Crippen molar-refractivity contribution in [2.45, 2.75) is 39.5 Å². The fourth-order valence-corrected chi connectivity index (χ4v) is 3.75. The minimum atomic E-state index is -1.06. The fourth-order valence-electron chi connectivity index (χ4n) is 3.58. The molecule has 2 aromatic rings. The summed E-state index contributed by atoms with van der Waals surface area (Å²) in [4.78, 5) is 6.08. The first-order valence-electron chi connectivity index (χ1n) is 9.07. The predicted molar refractivity (Wildman–Crippen MR) is 112 cm³/mol. The molecule has 3 rings (SSSR count). The highest BCUT2D eigenvalue weighted by molar-refractivity contribution is 6.30. The fraction of sp³-hybridized carbons (Fsp3) is 0.381. The van der Waals surface area contributed by atoms with E-state index in [1.54, 1.807) is 26.1 Å². The van der Waals surface area contributed by atoms with Crippen molar-refractivity contribution in [1.82, 2.24) is 4.90 Å². The van der Waals surface area contributed by atoms with Gasteiger partial charge in [-0.2, -0.15) is 0 Å². The summed E-state index contributed by atoms with van der Waals surface area (Å²) in [6, 6.07) is 10.3. The van der Waals surface area contributed by atoms with Gasteiger partial charge < -0.3 is 21.1 Å². The molecule has 0 amide bonds. The summed E-state index contributed by atoms with van der Waals surface area (Å²) < 4.78 is 14.9. The Morgan fingerprint density at radius 3 is 2.57 bits per heavy atom. The van der Waals surface area contributed by atoms with Gasteiger partial charge in [0.05, 0.1) is 5.54 Å². The third-order valence-electron chi connectivity index (χ3n) is 5.94. The summed E-state index contributed by atoms with van der Waals surface area (Å²) in [5.41, 5.74) is 7.06. The molecule has 0 radical (unpaired) electrons. The van der Waals surface area contributed by atoms with E-state index in [1.165, 1.54) is 11.0 Å². The van der Waals surface area contributed by atoms with E-state index >= 15 is 0 Å². The summed E-state index contributed by atoms with van der Waals surface area (Å²) in [6.07, 6.45) is -0.916. The second kappa shape index (κ2) is 6.94. The van der Waals surface area contributed by atoms with Crippen molar-refractivity contribution in [2.75, 3.05) is 12.4 Å². The van der Waals surface area contributed by atoms with Gasteiger partial charge in [0, 0.05) is 34.4 Å². The van der Waals surface area contributed by atoms with Gasteiger partial charge in [0.1, 0.15) is 12.0 Å². The first kappa shape index (κ1) is 20.4. The molecule has 2 aromatic carbocycles. The van der Waals surface area contributed by atoms with Gasteiger partial charge >= 0.3 is 0 Å². The molecule has 5 nitrogen and oxygen atoms in total. The SMILES string of the molecule is Cc1ccc(Cl)cc1Nc1ccc(F)c(C2(C)N=C(N)N(C)C(O)C2(C)C)c1. The van der Waals surface area contributed by atoms with Crippen LogP contribution in [-0.2, 0) is 5.54 Å². The van der Waals surface area contributed by atoms with Gasteiger partial charge in [0.15, 0.2) is 5.96 Å². The zero-order valence-electron chi connectivity index (χ0n) is 16.7. The van der Waals surface area contributed by atoms with Gasteiger partial charge in [-0.05, 0) is 49.7 Å². The molecule has 0 spiro atoms. The van der Waals surface area contributed by atoms with Crippen LogP contribution in [-0.4, -0.2) is 29.2 Å². The molecule has 0 saturated carbocycles.